The van der Waals surface area contributed by atoms with Crippen molar-refractivity contribution in [1.82, 2.24) is 5.32 Å². The van der Waals surface area contributed by atoms with Crippen molar-refractivity contribution in [2.45, 2.75) is 57.4 Å². The third kappa shape index (κ3) is 6.05. The van der Waals surface area contributed by atoms with Crippen molar-refractivity contribution in [3.8, 4) is 0 Å². The van der Waals surface area contributed by atoms with Crippen LogP contribution in [0.4, 0.5) is 8.78 Å². The van der Waals surface area contributed by atoms with Gasteiger partial charge in [-0.25, -0.2) is 8.78 Å². The molecular weight excluding hydrogens is 240 g/mol. The average molecular weight is 265 g/mol. The van der Waals surface area contributed by atoms with Gasteiger partial charge < -0.3 is 5.32 Å². The van der Waals surface area contributed by atoms with E-state index >= 15 is 0 Å². The third-order valence-corrected chi connectivity index (χ3v) is 4.12. The molecule has 0 aliphatic heterocycles. The smallest absolute Gasteiger partial charge is 0.248 e. The molecule has 0 bridgehead atoms. The fraction of sp³-hybridized carbons (Fsp3) is 1.00. The number of rotatable bonds is 8. The normalized spacial score (nSPS) is 25.1. The van der Waals surface area contributed by atoms with Crippen molar-refractivity contribution in [3.63, 3.8) is 0 Å². The van der Waals surface area contributed by atoms with Crippen LogP contribution in [0.2, 0.25) is 0 Å². The number of hydrogen-bond donors (Lipinski definition) is 1. The van der Waals surface area contributed by atoms with E-state index in [0.717, 1.165) is 31.6 Å². The fourth-order valence-corrected chi connectivity index (χ4v) is 3.08. The molecule has 1 aliphatic carbocycles. The second-order valence-corrected chi connectivity index (χ2v) is 6.12. The van der Waals surface area contributed by atoms with Crippen molar-refractivity contribution < 1.29 is 8.78 Å². The highest BCUT2D eigenvalue weighted by Gasteiger charge is 2.39. The summed E-state index contributed by atoms with van der Waals surface area (Å²) in [4.78, 5) is 0. The summed E-state index contributed by atoms with van der Waals surface area (Å²) in [6.45, 7) is 3.14. The maximum atomic E-state index is 13.1. The zero-order valence-corrected chi connectivity index (χ0v) is 11.8. The van der Waals surface area contributed by atoms with Crippen LogP contribution in [0.25, 0.3) is 0 Å². The zero-order chi connectivity index (χ0) is 12.7. The molecule has 1 N–H and O–H groups in total. The van der Waals surface area contributed by atoms with Gasteiger partial charge in [-0.05, 0) is 50.2 Å². The number of hydrogen-bond acceptors (Lipinski definition) is 2. The molecule has 17 heavy (non-hydrogen) atoms. The molecule has 0 saturated heterocycles. The zero-order valence-electron chi connectivity index (χ0n) is 11.0. The Kier molecular flexibility index (Phi) is 6.78. The van der Waals surface area contributed by atoms with E-state index in [1.807, 2.05) is 11.8 Å². The first-order chi connectivity index (χ1) is 8.07. The van der Waals surface area contributed by atoms with Crippen molar-refractivity contribution in [2.24, 2.45) is 5.92 Å². The maximum Gasteiger partial charge on any atom is 0.248 e. The van der Waals surface area contributed by atoms with Crippen molar-refractivity contribution >= 4 is 11.8 Å². The second-order valence-electron chi connectivity index (χ2n) is 5.13. The van der Waals surface area contributed by atoms with E-state index in [-0.39, 0.29) is 18.8 Å². The molecule has 2 unspecified atom stereocenters. The van der Waals surface area contributed by atoms with Crippen LogP contribution in [-0.4, -0.2) is 30.5 Å². The van der Waals surface area contributed by atoms with E-state index in [9.17, 15) is 8.78 Å². The Balaban J connectivity index is 2.31. The van der Waals surface area contributed by atoms with Gasteiger partial charge in [0.25, 0.3) is 0 Å². The molecule has 0 radical (unpaired) electrons. The van der Waals surface area contributed by atoms with Gasteiger partial charge in [0.05, 0.1) is 0 Å². The second kappa shape index (κ2) is 7.57. The molecule has 0 aromatic heterocycles. The van der Waals surface area contributed by atoms with Gasteiger partial charge in [0.2, 0.25) is 5.92 Å². The molecule has 102 valence electrons. The van der Waals surface area contributed by atoms with Crippen LogP contribution in [0.5, 0.6) is 0 Å². The largest absolute Gasteiger partial charge is 0.314 e. The maximum absolute atomic E-state index is 13.1. The van der Waals surface area contributed by atoms with Crippen LogP contribution >= 0.6 is 11.8 Å². The fourth-order valence-electron chi connectivity index (χ4n) is 2.56. The Bertz CT molecular complexity index is 204. The lowest BCUT2D eigenvalue weighted by Crippen LogP contribution is -2.32. The summed E-state index contributed by atoms with van der Waals surface area (Å²) in [5.41, 5.74) is 0. The van der Waals surface area contributed by atoms with Gasteiger partial charge in [0.1, 0.15) is 0 Å². The molecule has 2 atom stereocenters. The van der Waals surface area contributed by atoms with E-state index in [4.69, 9.17) is 0 Å². The quantitative estimate of drug-likeness (QED) is 0.713. The number of halogens is 2. The van der Waals surface area contributed by atoms with Crippen molar-refractivity contribution in [1.29, 1.82) is 0 Å². The number of alkyl halides is 2. The molecule has 0 aromatic carbocycles. The minimum atomic E-state index is -2.39. The Morgan fingerprint density at radius 2 is 2.24 bits per heavy atom. The summed E-state index contributed by atoms with van der Waals surface area (Å²) in [5, 5.41) is 3.50. The van der Waals surface area contributed by atoms with E-state index in [0.29, 0.717) is 12.5 Å². The predicted molar refractivity (Wildman–Crippen MR) is 72.0 cm³/mol. The van der Waals surface area contributed by atoms with Gasteiger partial charge in [-0.3, -0.25) is 0 Å². The van der Waals surface area contributed by atoms with Crippen molar-refractivity contribution in [2.75, 3.05) is 18.6 Å². The Labute approximate surface area is 108 Å². The molecular formula is C13H25F2NS. The third-order valence-electron chi connectivity index (χ3n) is 3.48. The molecule has 4 heteroatoms. The minimum absolute atomic E-state index is 0.0979. The van der Waals surface area contributed by atoms with E-state index < -0.39 is 5.92 Å². The lowest BCUT2D eigenvalue weighted by atomic mass is 9.96. The lowest BCUT2D eigenvalue weighted by molar-refractivity contribution is 0.00431. The summed E-state index contributed by atoms with van der Waals surface area (Å²) in [6, 6.07) is 0.432. The van der Waals surface area contributed by atoms with Gasteiger partial charge in [-0.2, -0.15) is 11.8 Å². The van der Waals surface area contributed by atoms with Crippen LogP contribution in [0.15, 0.2) is 0 Å². The van der Waals surface area contributed by atoms with E-state index in [1.165, 1.54) is 0 Å². The van der Waals surface area contributed by atoms with Crippen LogP contribution in [0, 0.1) is 5.92 Å². The predicted octanol–water partition coefficient (Wildman–Crippen LogP) is 3.93. The summed E-state index contributed by atoms with van der Waals surface area (Å²) < 4.78 is 26.2. The summed E-state index contributed by atoms with van der Waals surface area (Å²) in [6.07, 6.45) is 6.14. The van der Waals surface area contributed by atoms with Crippen LogP contribution in [0.3, 0.4) is 0 Å². The summed E-state index contributed by atoms with van der Waals surface area (Å²) >= 11 is 1.83. The van der Waals surface area contributed by atoms with E-state index in [2.05, 4.69) is 18.5 Å². The SMILES string of the molecule is CCCNC(CCSC)CC1CCC(F)(F)C1. The lowest BCUT2D eigenvalue weighted by Gasteiger charge is -2.21. The molecule has 1 nitrogen and oxygen atoms in total. The Morgan fingerprint density at radius 1 is 1.47 bits per heavy atom. The van der Waals surface area contributed by atoms with Crippen molar-refractivity contribution in [3.05, 3.63) is 0 Å². The highest BCUT2D eigenvalue weighted by molar-refractivity contribution is 7.98. The highest BCUT2D eigenvalue weighted by atomic mass is 32.2. The van der Waals surface area contributed by atoms with Crippen LogP contribution < -0.4 is 5.32 Å². The van der Waals surface area contributed by atoms with E-state index in [1.54, 1.807) is 0 Å². The summed E-state index contributed by atoms with van der Waals surface area (Å²) in [5.74, 6) is -1.05. The molecule has 0 spiro atoms. The van der Waals surface area contributed by atoms with Crippen LogP contribution in [-0.2, 0) is 0 Å². The van der Waals surface area contributed by atoms with Gasteiger partial charge in [0.15, 0.2) is 0 Å². The monoisotopic (exact) mass is 265 g/mol. The molecule has 0 amide bonds. The molecule has 0 aromatic rings. The first-order valence-corrected chi connectivity index (χ1v) is 8.07. The van der Waals surface area contributed by atoms with Gasteiger partial charge >= 0.3 is 0 Å². The standard InChI is InChI=1S/C13H25F2NS/c1-3-7-16-12(5-8-17-2)9-11-4-6-13(14,15)10-11/h11-12,16H,3-10H2,1-2H3. The number of nitrogens with one attached hydrogen (secondary N) is 1. The Hall–Kier alpha value is 0.170. The molecule has 1 saturated carbocycles. The first kappa shape index (κ1) is 15.2. The molecule has 0 heterocycles. The molecule has 1 fully saturated rings. The molecule has 1 aliphatic rings. The average Bonchev–Trinajstić information content (AvgIpc) is 2.62. The van der Waals surface area contributed by atoms with Gasteiger partial charge in [0, 0.05) is 18.9 Å². The first-order valence-electron chi connectivity index (χ1n) is 6.67. The highest BCUT2D eigenvalue weighted by Crippen LogP contribution is 2.41. The van der Waals surface area contributed by atoms with Crippen LogP contribution in [0.1, 0.15) is 45.4 Å². The van der Waals surface area contributed by atoms with Gasteiger partial charge in [-0.15, -0.1) is 0 Å². The minimum Gasteiger partial charge on any atom is -0.314 e. The van der Waals surface area contributed by atoms with Gasteiger partial charge in [-0.1, -0.05) is 6.92 Å². The number of thioether (sulfide) groups is 1. The molecule has 1 rings (SSSR count). The Morgan fingerprint density at radius 3 is 2.76 bits per heavy atom. The summed E-state index contributed by atoms with van der Waals surface area (Å²) in [7, 11) is 0. The topological polar surface area (TPSA) is 12.0 Å².